The van der Waals surface area contributed by atoms with E-state index < -0.39 is 0 Å². The van der Waals surface area contributed by atoms with Crippen LogP contribution in [-0.4, -0.2) is 19.5 Å². The van der Waals surface area contributed by atoms with Crippen LogP contribution in [0, 0.1) is 5.92 Å². The highest BCUT2D eigenvalue weighted by atomic mass is 35.5. The van der Waals surface area contributed by atoms with Crippen LogP contribution in [0.15, 0.2) is 12.7 Å². The van der Waals surface area contributed by atoms with Crippen molar-refractivity contribution in [3.63, 3.8) is 0 Å². The maximum Gasteiger partial charge on any atom is 0.182 e. The molecule has 1 saturated carbocycles. The van der Waals surface area contributed by atoms with Gasteiger partial charge in [-0.25, -0.2) is 15.0 Å². The van der Waals surface area contributed by atoms with Crippen molar-refractivity contribution in [1.82, 2.24) is 19.5 Å². The summed E-state index contributed by atoms with van der Waals surface area (Å²) in [5.41, 5.74) is 1.55. The fraction of sp³-hybridized carbons (Fsp3) is 0.444. The summed E-state index contributed by atoms with van der Waals surface area (Å²) in [6, 6.07) is 0. The second-order valence-electron chi connectivity index (χ2n) is 3.68. The van der Waals surface area contributed by atoms with E-state index >= 15 is 0 Å². The summed E-state index contributed by atoms with van der Waals surface area (Å²) in [5.74, 6) is 0.795. The molecule has 3 rings (SSSR count). The van der Waals surface area contributed by atoms with Crippen molar-refractivity contribution in [2.45, 2.75) is 19.4 Å². The van der Waals surface area contributed by atoms with Crippen LogP contribution in [0.4, 0.5) is 0 Å². The van der Waals surface area contributed by atoms with Crippen molar-refractivity contribution < 1.29 is 0 Å². The van der Waals surface area contributed by atoms with Gasteiger partial charge in [0.15, 0.2) is 10.8 Å². The lowest BCUT2D eigenvalue weighted by Gasteiger charge is -2.01. The Balaban J connectivity index is 2.13. The second kappa shape index (κ2) is 2.92. The first kappa shape index (κ1) is 8.17. The van der Waals surface area contributed by atoms with Crippen LogP contribution >= 0.6 is 11.6 Å². The van der Waals surface area contributed by atoms with E-state index in [4.69, 9.17) is 11.6 Å². The largest absolute Gasteiger partial charge is 0.326 e. The zero-order chi connectivity index (χ0) is 9.54. The quantitative estimate of drug-likeness (QED) is 0.708. The molecular weight excluding hydrogens is 200 g/mol. The maximum absolute atomic E-state index is 6.00. The topological polar surface area (TPSA) is 43.6 Å². The van der Waals surface area contributed by atoms with Crippen LogP contribution in [0.25, 0.3) is 11.2 Å². The van der Waals surface area contributed by atoms with E-state index in [-0.39, 0.29) is 0 Å². The molecule has 0 saturated heterocycles. The highest BCUT2D eigenvalue weighted by Crippen LogP contribution is 2.32. The molecule has 5 heteroatoms. The standard InChI is InChI=1S/C9H9ClN4/c10-8-7-9(12-4-11-8)13-5-14(7)3-6-1-2-6/h4-6H,1-3H2. The van der Waals surface area contributed by atoms with E-state index in [0.717, 1.165) is 18.0 Å². The van der Waals surface area contributed by atoms with Gasteiger partial charge < -0.3 is 4.57 Å². The molecule has 2 aromatic heterocycles. The predicted molar refractivity (Wildman–Crippen MR) is 53.1 cm³/mol. The number of aromatic nitrogens is 4. The molecule has 0 N–H and O–H groups in total. The smallest absolute Gasteiger partial charge is 0.182 e. The zero-order valence-electron chi connectivity index (χ0n) is 7.52. The van der Waals surface area contributed by atoms with Gasteiger partial charge in [0.1, 0.15) is 11.8 Å². The van der Waals surface area contributed by atoms with Crippen molar-refractivity contribution in [2.75, 3.05) is 0 Å². The average Bonchev–Trinajstić information content (AvgIpc) is 2.88. The van der Waals surface area contributed by atoms with Gasteiger partial charge in [0, 0.05) is 6.54 Å². The Labute approximate surface area is 85.9 Å². The lowest BCUT2D eigenvalue weighted by molar-refractivity contribution is 0.642. The minimum absolute atomic E-state index is 0.494. The second-order valence-corrected chi connectivity index (χ2v) is 4.04. The molecule has 2 aromatic rings. The van der Waals surface area contributed by atoms with E-state index in [2.05, 4.69) is 19.5 Å². The van der Waals surface area contributed by atoms with Crippen LogP contribution in [0.5, 0.6) is 0 Å². The molecule has 4 nitrogen and oxygen atoms in total. The van der Waals surface area contributed by atoms with Gasteiger partial charge in [-0.3, -0.25) is 0 Å². The highest BCUT2D eigenvalue weighted by Gasteiger charge is 2.23. The highest BCUT2D eigenvalue weighted by molar-refractivity contribution is 6.33. The summed E-state index contributed by atoms with van der Waals surface area (Å²) in [4.78, 5) is 12.2. The fourth-order valence-electron chi connectivity index (χ4n) is 1.59. The van der Waals surface area contributed by atoms with Gasteiger partial charge in [0.2, 0.25) is 0 Å². The molecule has 1 aliphatic rings. The number of hydrogen-bond donors (Lipinski definition) is 0. The van der Waals surface area contributed by atoms with Crippen LogP contribution in [0.2, 0.25) is 5.15 Å². The van der Waals surface area contributed by atoms with E-state index in [1.54, 1.807) is 6.33 Å². The molecule has 14 heavy (non-hydrogen) atoms. The average molecular weight is 209 g/mol. The van der Waals surface area contributed by atoms with Gasteiger partial charge in [-0.1, -0.05) is 11.6 Å². The minimum Gasteiger partial charge on any atom is -0.326 e. The molecule has 0 aliphatic heterocycles. The van der Waals surface area contributed by atoms with Crippen molar-refractivity contribution in [3.8, 4) is 0 Å². The normalized spacial score (nSPS) is 16.4. The van der Waals surface area contributed by atoms with Crippen molar-refractivity contribution >= 4 is 22.8 Å². The Kier molecular flexibility index (Phi) is 1.70. The molecule has 0 amide bonds. The van der Waals surface area contributed by atoms with Crippen molar-refractivity contribution in [3.05, 3.63) is 17.8 Å². The van der Waals surface area contributed by atoms with Crippen LogP contribution < -0.4 is 0 Å². The van der Waals surface area contributed by atoms with E-state index in [1.807, 2.05) is 0 Å². The Bertz CT molecular complexity index is 475. The van der Waals surface area contributed by atoms with Gasteiger partial charge in [-0.05, 0) is 18.8 Å². The monoisotopic (exact) mass is 208 g/mol. The van der Waals surface area contributed by atoms with Crippen molar-refractivity contribution in [1.29, 1.82) is 0 Å². The molecule has 0 bridgehead atoms. The number of halogens is 1. The molecular formula is C9H9ClN4. The summed E-state index contributed by atoms with van der Waals surface area (Å²) in [7, 11) is 0. The van der Waals surface area contributed by atoms with Gasteiger partial charge >= 0.3 is 0 Å². The van der Waals surface area contributed by atoms with Gasteiger partial charge in [-0.2, -0.15) is 0 Å². The molecule has 0 unspecified atom stereocenters. The Morgan fingerprint density at radius 3 is 3.00 bits per heavy atom. The van der Waals surface area contributed by atoms with Crippen LogP contribution in [0.3, 0.4) is 0 Å². The number of hydrogen-bond acceptors (Lipinski definition) is 3. The molecule has 0 radical (unpaired) electrons. The van der Waals surface area contributed by atoms with Crippen LogP contribution in [0.1, 0.15) is 12.8 Å². The lowest BCUT2D eigenvalue weighted by atomic mass is 10.4. The summed E-state index contributed by atoms with van der Waals surface area (Å²) < 4.78 is 2.05. The minimum atomic E-state index is 0.494. The first-order valence-corrected chi connectivity index (χ1v) is 5.04. The van der Waals surface area contributed by atoms with Gasteiger partial charge in [0.25, 0.3) is 0 Å². The molecule has 0 atom stereocenters. The number of fused-ring (bicyclic) bond motifs is 1. The fourth-order valence-corrected chi connectivity index (χ4v) is 1.83. The summed E-state index contributed by atoms with van der Waals surface area (Å²) in [6.45, 7) is 0.990. The predicted octanol–water partition coefficient (Wildman–Crippen LogP) is 1.89. The Hall–Kier alpha value is -1.16. The van der Waals surface area contributed by atoms with E-state index in [1.165, 1.54) is 19.2 Å². The SMILES string of the molecule is Clc1ncnc2ncn(CC3CC3)c12. The summed E-state index contributed by atoms with van der Waals surface area (Å²) in [6.07, 6.45) is 5.86. The zero-order valence-corrected chi connectivity index (χ0v) is 8.28. The number of rotatable bonds is 2. The maximum atomic E-state index is 6.00. The first-order chi connectivity index (χ1) is 6.84. The molecule has 72 valence electrons. The van der Waals surface area contributed by atoms with E-state index in [9.17, 15) is 0 Å². The molecule has 1 fully saturated rings. The Morgan fingerprint density at radius 2 is 2.21 bits per heavy atom. The first-order valence-electron chi connectivity index (χ1n) is 4.66. The number of nitrogens with zero attached hydrogens (tertiary/aromatic N) is 4. The third-order valence-electron chi connectivity index (χ3n) is 2.52. The molecule has 0 aromatic carbocycles. The van der Waals surface area contributed by atoms with Crippen LogP contribution in [-0.2, 0) is 6.54 Å². The molecule has 0 spiro atoms. The third-order valence-corrected chi connectivity index (χ3v) is 2.79. The molecule has 1 aliphatic carbocycles. The summed E-state index contributed by atoms with van der Waals surface area (Å²) in [5, 5.41) is 0.494. The van der Waals surface area contributed by atoms with E-state index in [0.29, 0.717) is 10.8 Å². The Morgan fingerprint density at radius 1 is 1.36 bits per heavy atom. The van der Waals surface area contributed by atoms with Gasteiger partial charge in [0.05, 0.1) is 6.33 Å². The van der Waals surface area contributed by atoms with Crippen molar-refractivity contribution in [2.24, 2.45) is 5.92 Å². The summed E-state index contributed by atoms with van der Waals surface area (Å²) >= 11 is 6.00. The third kappa shape index (κ3) is 1.26. The lowest BCUT2D eigenvalue weighted by Crippen LogP contribution is -1.98. The number of imidazole rings is 1. The molecule has 2 heterocycles. The van der Waals surface area contributed by atoms with Gasteiger partial charge in [-0.15, -0.1) is 0 Å².